The highest BCUT2D eigenvalue weighted by Gasteiger charge is 2.16. The van der Waals surface area contributed by atoms with Crippen LogP contribution in [0.15, 0.2) is 85.0 Å². The van der Waals surface area contributed by atoms with E-state index in [0.717, 1.165) is 0 Å². The molecule has 0 aromatic carbocycles. The van der Waals surface area contributed by atoms with Crippen LogP contribution in [0.25, 0.3) is 0 Å². The molecule has 10 nitrogen and oxygen atoms in total. The molecule has 0 amide bonds. The van der Waals surface area contributed by atoms with Crippen LogP contribution < -0.4 is 19.8 Å². The SMILES string of the molecule is C1=C2NCCCCN2CCC1.C1=C2NCCCCN2CCC1.CCCCCCCCCCCCCCCC[n+]1ccccc1.CCCCCCCCCCCCCCCC[n+]1ccccc1.O=S(=O)([O-])[O-]. The molecule has 2 saturated heterocycles. The van der Waals surface area contributed by atoms with Crippen molar-refractivity contribution in [2.45, 2.75) is 258 Å². The Morgan fingerprint density at radius 2 is 0.676 bits per heavy atom. The lowest BCUT2D eigenvalue weighted by Gasteiger charge is -2.28. The Kier molecular flexibility index (Phi) is 42.0. The number of aryl methyl sites for hydroxylation is 2. The number of pyridine rings is 2. The fourth-order valence-electron chi connectivity index (χ4n) is 9.81. The van der Waals surface area contributed by atoms with Gasteiger partial charge in [0.1, 0.15) is 13.1 Å². The van der Waals surface area contributed by atoms with Gasteiger partial charge in [0.2, 0.25) is 0 Å². The fraction of sp³-hybridized carbons (Fsp3) is 0.767. The van der Waals surface area contributed by atoms with E-state index >= 15 is 0 Å². The summed E-state index contributed by atoms with van der Waals surface area (Å²) in [6.45, 7) is 14.3. The predicted octanol–water partition coefficient (Wildman–Crippen LogP) is 14.2. The molecule has 2 N–H and O–H groups in total. The molecule has 0 bridgehead atoms. The van der Waals surface area contributed by atoms with Crippen LogP contribution in [-0.2, 0) is 23.5 Å². The number of unbranched alkanes of at least 4 members (excludes halogenated alkanes) is 26. The number of fused-ring (bicyclic) bond motifs is 2. The minimum Gasteiger partial charge on any atom is -0.759 e. The largest absolute Gasteiger partial charge is 0.759 e. The van der Waals surface area contributed by atoms with Crippen LogP contribution in [0.5, 0.6) is 0 Å². The van der Waals surface area contributed by atoms with Crippen LogP contribution in [-0.4, -0.2) is 66.6 Å². The summed E-state index contributed by atoms with van der Waals surface area (Å²) in [6, 6.07) is 12.6. The van der Waals surface area contributed by atoms with E-state index in [-0.39, 0.29) is 0 Å². The Balaban J connectivity index is 0.000000326. The number of nitrogens with zero attached hydrogens (tertiary/aromatic N) is 4. The summed E-state index contributed by atoms with van der Waals surface area (Å²) in [5.74, 6) is 2.79. The summed E-state index contributed by atoms with van der Waals surface area (Å²) >= 11 is 0. The van der Waals surface area contributed by atoms with Gasteiger partial charge in [0, 0.05) is 86.8 Å². The van der Waals surface area contributed by atoms with Gasteiger partial charge in [0.25, 0.3) is 0 Å². The van der Waals surface area contributed by atoms with Crippen molar-refractivity contribution in [1.29, 1.82) is 0 Å². The molecule has 6 rings (SSSR count). The maximum Gasteiger partial charge on any atom is 0.168 e. The van der Waals surface area contributed by atoms with Gasteiger partial charge in [0.05, 0.1) is 11.6 Å². The van der Waals surface area contributed by atoms with Crippen molar-refractivity contribution in [2.24, 2.45) is 0 Å². The molecule has 0 saturated carbocycles. The highest BCUT2D eigenvalue weighted by atomic mass is 32.3. The van der Waals surface area contributed by atoms with E-state index in [4.69, 9.17) is 17.5 Å². The van der Waals surface area contributed by atoms with Crippen molar-refractivity contribution < 1.29 is 26.7 Å². The summed E-state index contributed by atoms with van der Waals surface area (Å²) in [7, 11) is -5.17. The van der Waals surface area contributed by atoms with Crippen molar-refractivity contribution in [1.82, 2.24) is 20.4 Å². The lowest BCUT2D eigenvalue weighted by Crippen LogP contribution is -2.33. The van der Waals surface area contributed by atoms with Gasteiger partial charge in [-0.15, -0.1) is 0 Å². The molecule has 2 aromatic rings. The predicted molar refractivity (Wildman–Crippen MR) is 297 cm³/mol. The third-order valence-corrected chi connectivity index (χ3v) is 14.0. The van der Waals surface area contributed by atoms with Gasteiger partial charge in [-0.05, 0) is 76.4 Å². The summed E-state index contributed by atoms with van der Waals surface area (Å²) in [4.78, 5) is 4.97. The number of hydrogen-bond acceptors (Lipinski definition) is 8. The highest BCUT2D eigenvalue weighted by molar-refractivity contribution is 7.79. The number of hydrogen-bond donors (Lipinski definition) is 2. The van der Waals surface area contributed by atoms with Crippen molar-refractivity contribution in [3.63, 3.8) is 0 Å². The average Bonchev–Trinajstić information content (AvgIpc) is 3.79. The molecule has 0 aliphatic carbocycles. The monoisotopic (exact) mass is 1010 g/mol. The lowest BCUT2D eigenvalue weighted by atomic mass is 10.0. The topological polar surface area (TPSA) is 119 Å². The Hall–Kier alpha value is -3.15. The third kappa shape index (κ3) is 41.0. The zero-order chi connectivity index (χ0) is 51.0. The van der Waals surface area contributed by atoms with Gasteiger partial charge >= 0.3 is 0 Å². The Labute approximate surface area is 437 Å². The number of allylic oxidation sites excluding steroid dienone is 2. The molecular formula is C60H108N6O4S. The smallest absolute Gasteiger partial charge is 0.168 e. The molecule has 0 spiro atoms. The molecular weight excluding hydrogens is 901 g/mol. The molecule has 4 aliphatic rings. The van der Waals surface area contributed by atoms with Gasteiger partial charge in [-0.2, -0.15) is 0 Å². The second kappa shape index (κ2) is 46.6. The first-order valence-corrected chi connectivity index (χ1v) is 31.1. The second-order valence-electron chi connectivity index (χ2n) is 20.5. The quantitative estimate of drug-likeness (QED) is 0.0344. The molecule has 0 atom stereocenters. The van der Waals surface area contributed by atoms with Crippen molar-refractivity contribution in [2.75, 3.05) is 39.3 Å². The van der Waals surface area contributed by atoms with Crippen molar-refractivity contribution in [3.05, 3.63) is 85.0 Å². The normalized spacial score (nSPS) is 15.3. The highest BCUT2D eigenvalue weighted by Crippen LogP contribution is 2.18. The summed E-state index contributed by atoms with van der Waals surface area (Å²) in [5.41, 5.74) is 0. The summed E-state index contributed by atoms with van der Waals surface area (Å²) < 4.78 is 38.7. The fourth-order valence-corrected chi connectivity index (χ4v) is 9.81. The Morgan fingerprint density at radius 3 is 0.972 bits per heavy atom. The van der Waals surface area contributed by atoms with Gasteiger partial charge < -0.3 is 29.5 Å². The average molecular weight is 1010 g/mol. The van der Waals surface area contributed by atoms with Gasteiger partial charge in [0.15, 0.2) is 24.8 Å². The molecule has 0 unspecified atom stereocenters. The van der Waals surface area contributed by atoms with Crippen molar-refractivity contribution in [3.8, 4) is 0 Å². The maximum atomic E-state index is 8.52. The first-order chi connectivity index (χ1) is 34.8. The molecule has 408 valence electrons. The van der Waals surface area contributed by atoms with Crippen molar-refractivity contribution >= 4 is 10.4 Å². The number of nitrogens with one attached hydrogen (secondary N) is 2. The second-order valence-corrected chi connectivity index (χ2v) is 21.3. The van der Waals surface area contributed by atoms with Crippen LogP contribution in [0.2, 0.25) is 0 Å². The number of aromatic nitrogens is 2. The molecule has 6 heterocycles. The first-order valence-electron chi connectivity index (χ1n) is 29.7. The Bertz CT molecular complexity index is 1520. The molecule has 11 heteroatoms. The standard InChI is InChI=1S/2C21H38N.2C9H16N2.H2O4S/c2*1-2-3-4-5-6-7-8-9-10-11-12-13-14-16-19-22-20-17-15-18-21-22;2*1-3-7-11-8-4-2-6-10-9(11)5-1;1-5(2,3)4/h2*15,17-18,20-21H,2-14,16,19H2,1H3;2*5,10H,1-4,6-8H2;(H2,1,2,3,4)/q2*+1;;;/p-2. The summed E-state index contributed by atoms with van der Waals surface area (Å²) in [6.07, 6.45) is 64.1. The van der Waals surface area contributed by atoms with Gasteiger partial charge in [-0.25, -0.2) is 9.13 Å². The first kappa shape index (κ1) is 64.0. The minimum atomic E-state index is -5.17. The van der Waals surface area contributed by atoms with Crippen LogP contribution in [0.4, 0.5) is 0 Å². The van der Waals surface area contributed by atoms with Crippen LogP contribution in [0.3, 0.4) is 0 Å². The van der Waals surface area contributed by atoms with E-state index in [1.807, 2.05) is 0 Å². The van der Waals surface area contributed by atoms with E-state index in [9.17, 15) is 0 Å². The van der Waals surface area contributed by atoms with E-state index in [2.05, 4.69) is 117 Å². The third-order valence-electron chi connectivity index (χ3n) is 14.0. The van der Waals surface area contributed by atoms with E-state index < -0.39 is 10.4 Å². The Morgan fingerprint density at radius 1 is 0.408 bits per heavy atom. The van der Waals surface area contributed by atoms with E-state index in [0.29, 0.717) is 0 Å². The zero-order valence-electron chi connectivity index (χ0n) is 45.9. The molecule has 4 aliphatic heterocycles. The maximum absolute atomic E-state index is 8.52. The van der Waals surface area contributed by atoms with E-state index in [1.54, 1.807) is 0 Å². The summed E-state index contributed by atoms with van der Waals surface area (Å²) in [5, 5.41) is 6.94. The zero-order valence-corrected chi connectivity index (χ0v) is 46.7. The lowest BCUT2D eigenvalue weighted by molar-refractivity contribution is -0.697. The van der Waals surface area contributed by atoms with Crippen LogP contribution in [0, 0.1) is 0 Å². The van der Waals surface area contributed by atoms with E-state index in [1.165, 1.54) is 295 Å². The number of rotatable bonds is 30. The molecule has 2 fully saturated rings. The van der Waals surface area contributed by atoms with Crippen LogP contribution in [0.1, 0.15) is 245 Å². The molecule has 71 heavy (non-hydrogen) atoms. The minimum absolute atomic E-state index is 1.17. The molecule has 2 aromatic heterocycles. The van der Waals surface area contributed by atoms with Crippen LogP contribution >= 0.6 is 0 Å². The van der Waals surface area contributed by atoms with Gasteiger partial charge in [-0.1, -0.05) is 180 Å². The van der Waals surface area contributed by atoms with Gasteiger partial charge in [-0.3, -0.25) is 8.42 Å². The molecule has 0 radical (unpaired) electrons.